The van der Waals surface area contributed by atoms with Gasteiger partial charge in [-0.1, -0.05) is 13.8 Å². The summed E-state index contributed by atoms with van der Waals surface area (Å²) >= 11 is 3.49. The molecule has 0 radical (unpaired) electrons. The molecule has 0 aromatic heterocycles. The molecule has 2 aliphatic heterocycles. The van der Waals surface area contributed by atoms with Gasteiger partial charge in [-0.05, 0) is 72.4 Å². The van der Waals surface area contributed by atoms with E-state index in [0.717, 1.165) is 25.9 Å². The van der Waals surface area contributed by atoms with Crippen LogP contribution in [0.1, 0.15) is 33.1 Å². The monoisotopic (exact) mass is 559 g/mol. The van der Waals surface area contributed by atoms with E-state index in [-0.39, 0.29) is 16.9 Å². The highest BCUT2D eigenvalue weighted by Crippen LogP contribution is 2.31. The maximum Gasteiger partial charge on any atom is 0.243 e. The third-order valence-corrected chi connectivity index (χ3v) is 8.76. The van der Waals surface area contributed by atoms with Crippen LogP contribution in [0, 0.1) is 5.92 Å². The van der Waals surface area contributed by atoms with Gasteiger partial charge in [0.25, 0.3) is 0 Å². The molecule has 0 bridgehead atoms. The first-order valence-electron chi connectivity index (χ1n) is 12.1. The Hall–Kier alpha value is -1.24. The number of sulfonamides is 1. The molecule has 34 heavy (non-hydrogen) atoms. The second-order valence-corrected chi connectivity index (χ2v) is 12.2. The first-order chi connectivity index (χ1) is 16.2. The van der Waals surface area contributed by atoms with Crippen molar-refractivity contribution in [2.24, 2.45) is 11.7 Å². The maximum atomic E-state index is 13.2. The van der Waals surface area contributed by atoms with Crippen LogP contribution in [0.3, 0.4) is 0 Å². The SMILES string of the molecule is CC(C)C[C@H](N)C(=O)NCCN1CCN(S(=O)(=O)c2ccc(OC3CCNCC3)c(Br)c2)CC1. The van der Waals surface area contributed by atoms with E-state index in [2.05, 4.69) is 31.5 Å². The molecule has 192 valence electrons. The summed E-state index contributed by atoms with van der Waals surface area (Å²) in [5.41, 5.74) is 5.91. The minimum absolute atomic E-state index is 0.131. The maximum absolute atomic E-state index is 13.2. The molecule has 0 unspecified atom stereocenters. The van der Waals surface area contributed by atoms with Crippen LogP contribution in [0.25, 0.3) is 0 Å². The van der Waals surface area contributed by atoms with Crippen molar-refractivity contribution < 1.29 is 17.9 Å². The lowest BCUT2D eigenvalue weighted by Gasteiger charge is -2.34. The number of piperidine rings is 1. The van der Waals surface area contributed by atoms with Crippen LogP contribution in [0.4, 0.5) is 0 Å². The molecule has 0 saturated carbocycles. The predicted molar refractivity (Wildman–Crippen MR) is 136 cm³/mol. The largest absolute Gasteiger partial charge is 0.489 e. The molecule has 0 spiro atoms. The number of carbonyl (C=O) groups excluding carboxylic acids is 1. The smallest absolute Gasteiger partial charge is 0.243 e. The minimum Gasteiger partial charge on any atom is -0.489 e. The van der Waals surface area contributed by atoms with E-state index in [9.17, 15) is 13.2 Å². The highest BCUT2D eigenvalue weighted by atomic mass is 79.9. The number of nitrogens with one attached hydrogen (secondary N) is 2. The Morgan fingerprint density at radius 3 is 2.53 bits per heavy atom. The fraction of sp³-hybridized carbons (Fsp3) is 0.696. The van der Waals surface area contributed by atoms with E-state index in [1.165, 1.54) is 4.31 Å². The molecular weight excluding hydrogens is 522 g/mol. The van der Waals surface area contributed by atoms with E-state index >= 15 is 0 Å². The lowest BCUT2D eigenvalue weighted by molar-refractivity contribution is -0.122. The molecule has 1 aromatic carbocycles. The average Bonchev–Trinajstić information content (AvgIpc) is 2.81. The van der Waals surface area contributed by atoms with Crippen LogP contribution in [0.15, 0.2) is 27.6 Å². The molecule has 9 nitrogen and oxygen atoms in total. The number of hydrogen-bond acceptors (Lipinski definition) is 7. The number of rotatable bonds is 10. The zero-order valence-corrected chi connectivity index (χ0v) is 22.5. The van der Waals surface area contributed by atoms with E-state index < -0.39 is 16.1 Å². The van der Waals surface area contributed by atoms with Gasteiger partial charge >= 0.3 is 0 Å². The highest BCUT2D eigenvalue weighted by Gasteiger charge is 2.29. The zero-order chi connectivity index (χ0) is 24.7. The summed E-state index contributed by atoms with van der Waals surface area (Å²) < 4.78 is 34.6. The van der Waals surface area contributed by atoms with E-state index in [0.29, 0.717) is 61.8 Å². The molecule has 2 aliphatic rings. The van der Waals surface area contributed by atoms with E-state index in [1.807, 2.05) is 13.8 Å². The predicted octanol–water partition coefficient (Wildman–Crippen LogP) is 1.38. The number of benzene rings is 1. The molecule has 1 atom stereocenters. The van der Waals surface area contributed by atoms with Gasteiger partial charge in [0.05, 0.1) is 15.4 Å². The number of hydrogen-bond donors (Lipinski definition) is 3. The van der Waals surface area contributed by atoms with Gasteiger partial charge in [0.1, 0.15) is 11.9 Å². The standard InChI is InChI=1S/C23H38BrN5O4S/c1-17(2)15-21(25)23(30)27-9-10-28-11-13-29(14-12-28)34(31,32)19-3-4-22(20(24)16-19)33-18-5-7-26-8-6-18/h3-4,16-18,21,26H,5-15,25H2,1-2H3,(H,27,30)/t21-/m0/s1. The van der Waals surface area contributed by atoms with Crippen molar-refractivity contribution in [3.05, 3.63) is 22.7 Å². The van der Waals surface area contributed by atoms with E-state index in [1.54, 1.807) is 18.2 Å². The quantitative estimate of drug-likeness (QED) is 0.396. The Kier molecular flexibility index (Phi) is 10.2. The summed E-state index contributed by atoms with van der Waals surface area (Å²) in [4.78, 5) is 14.5. The van der Waals surface area contributed by atoms with Gasteiger partial charge in [-0.25, -0.2) is 8.42 Å². The van der Waals surface area contributed by atoms with Crippen LogP contribution in [-0.2, 0) is 14.8 Å². The topological polar surface area (TPSA) is 117 Å². The van der Waals surface area contributed by atoms with Crippen LogP contribution < -0.4 is 21.1 Å². The van der Waals surface area contributed by atoms with Crippen molar-refractivity contribution in [2.75, 3.05) is 52.4 Å². The Bertz CT molecular complexity index is 916. The number of carbonyl (C=O) groups is 1. The third-order valence-electron chi connectivity index (χ3n) is 6.24. The molecule has 2 heterocycles. The van der Waals surface area contributed by atoms with Crippen molar-refractivity contribution in [3.63, 3.8) is 0 Å². The summed E-state index contributed by atoms with van der Waals surface area (Å²) in [7, 11) is -3.59. The molecule has 4 N–H and O–H groups in total. The van der Waals surface area contributed by atoms with Gasteiger partial charge in [-0.2, -0.15) is 4.31 Å². The van der Waals surface area contributed by atoms with Crippen molar-refractivity contribution in [2.45, 2.75) is 50.2 Å². The Morgan fingerprint density at radius 2 is 1.91 bits per heavy atom. The van der Waals surface area contributed by atoms with Gasteiger partial charge in [-0.15, -0.1) is 0 Å². The van der Waals surface area contributed by atoms with Crippen molar-refractivity contribution in [1.29, 1.82) is 0 Å². The summed E-state index contributed by atoms with van der Waals surface area (Å²) in [5, 5.41) is 6.19. The Labute approximate surface area is 211 Å². The Morgan fingerprint density at radius 1 is 1.24 bits per heavy atom. The second kappa shape index (κ2) is 12.6. The molecule has 2 saturated heterocycles. The number of piperazine rings is 1. The van der Waals surface area contributed by atoms with Crippen LogP contribution >= 0.6 is 15.9 Å². The van der Waals surface area contributed by atoms with Crippen LogP contribution in [0.5, 0.6) is 5.75 Å². The molecule has 1 amide bonds. The normalized spacial score (nSPS) is 19.8. The second-order valence-electron chi connectivity index (χ2n) is 9.43. The molecular formula is C23H38BrN5O4S. The Balaban J connectivity index is 1.47. The number of halogens is 1. The number of ether oxygens (including phenoxy) is 1. The number of nitrogens with two attached hydrogens (primary N) is 1. The molecule has 11 heteroatoms. The summed E-state index contributed by atoms with van der Waals surface area (Å²) in [6.45, 7) is 9.16. The molecule has 1 aromatic rings. The minimum atomic E-state index is -3.59. The lowest BCUT2D eigenvalue weighted by Crippen LogP contribution is -2.51. The van der Waals surface area contributed by atoms with Gasteiger partial charge in [0, 0.05) is 39.3 Å². The van der Waals surface area contributed by atoms with E-state index in [4.69, 9.17) is 10.5 Å². The molecule has 3 rings (SSSR count). The summed E-state index contributed by atoms with van der Waals surface area (Å²) in [6.07, 6.45) is 2.67. The molecule has 0 aliphatic carbocycles. The zero-order valence-electron chi connectivity index (χ0n) is 20.1. The number of nitrogens with zero attached hydrogens (tertiary/aromatic N) is 2. The average molecular weight is 561 g/mol. The van der Waals surface area contributed by atoms with Crippen LogP contribution in [0.2, 0.25) is 0 Å². The highest BCUT2D eigenvalue weighted by molar-refractivity contribution is 9.10. The summed E-state index contributed by atoms with van der Waals surface area (Å²) in [5.74, 6) is 0.911. The van der Waals surface area contributed by atoms with Gasteiger partial charge in [0.15, 0.2) is 0 Å². The number of amides is 1. The van der Waals surface area contributed by atoms with Crippen LogP contribution in [-0.4, -0.2) is 88.0 Å². The lowest BCUT2D eigenvalue weighted by atomic mass is 10.0. The first-order valence-corrected chi connectivity index (χ1v) is 14.3. The fourth-order valence-electron chi connectivity index (χ4n) is 4.26. The van der Waals surface area contributed by atoms with Crippen molar-refractivity contribution >= 4 is 31.9 Å². The van der Waals surface area contributed by atoms with Gasteiger partial charge in [-0.3, -0.25) is 9.69 Å². The third kappa shape index (κ3) is 7.63. The molecule has 2 fully saturated rings. The summed E-state index contributed by atoms with van der Waals surface area (Å²) in [6, 6.07) is 4.51. The fourth-order valence-corrected chi connectivity index (χ4v) is 6.33. The van der Waals surface area contributed by atoms with Crippen molar-refractivity contribution in [3.8, 4) is 5.75 Å². The van der Waals surface area contributed by atoms with Gasteiger partial charge in [0.2, 0.25) is 15.9 Å². The van der Waals surface area contributed by atoms with Crippen molar-refractivity contribution in [1.82, 2.24) is 19.8 Å². The van der Waals surface area contributed by atoms with Gasteiger partial charge < -0.3 is 21.1 Å². The first kappa shape index (κ1) is 27.3.